The average Bonchev–Trinajstić information content (AvgIpc) is 2.92. The van der Waals surface area contributed by atoms with Gasteiger partial charge in [-0.3, -0.25) is 4.57 Å². The summed E-state index contributed by atoms with van der Waals surface area (Å²) >= 11 is 0. The van der Waals surface area contributed by atoms with E-state index >= 15 is 0 Å². The Morgan fingerprint density at radius 1 is 1.00 bits per heavy atom. The van der Waals surface area contributed by atoms with E-state index in [1.54, 1.807) is 43.4 Å². The molecule has 0 bridgehead atoms. The highest BCUT2D eigenvalue weighted by molar-refractivity contribution is 7.32. The smallest absolute Gasteiger partial charge is 0.331 e. The monoisotopic (exact) mass is 596 g/mol. The summed E-state index contributed by atoms with van der Waals surface area (Å²) in [5.41, 5.74) is 0. The largest absolute Gasteiger partial charge is 0.458 e. The maximum atomic E-state index is 12.7. The number of esters is 1. The second-order valence-corrected chi connectivity index (χ2v) is 12.5. The first-order chi connectivity index (χ1) is 19.3. The van der Waals surface area contributed by atoms with E-state index < -0.39 is 44.7 Å². The molecular formula is C32H53O8P. The molecule has 0 amide bonds. The van der Waals surface area contributed by atoms with Crippen molar-refractivity contribution in [1.29, 1.82) is 0 Å². The van der Waals surface area contributed by atoms with E-state index in [0.29, 0.717) is 6.42 Å². The van der Waals surface area contributed by atoms with Gasteiger partial charge in [0, 0.05) is 36.2 Å². The van der Waals surface area contributed by atoms with Crippen molar-refractivity contribution >= 4 is 14.2 Å². The molecule has 1 heterocycles. The van der Waals surface area contributed by atoms with Crippen molar-refractivity contribution in [3.05, 3.63) is 61.3 Å². The molecule has 0 saturated heterocycles. The molecular weight excluding hydrogens is 543 g/mol. The number of aliphatic hydroxyl groups excluding tert-OH is 3. The minimum Gasteiger partial charge on any atom is -0.458 e. The number of carbonyl (C=O) groups is 1. The minimum absolute atomic E-state index is 0.0336. The van der Waals surface area contributed by atoms with Crippen LogP contribution in [0.5, 0.6) is 0 Å². The van der Waals surface area contributed by atoms with Gasteiger partial charge in [-0.25, -0.2) is 4.79 Å². The highest BCUT2D eigenvalue weighted by atomic mass is 31.1. The second kappa shape index (κ2) is 19.4. The zero-order valence-electron chi connectivity index (χ0n) is 25.5. The topological polar surface area (TPSA) is 134 Å². The van der Waals surface area contributed by atoms with Gasteiger partial charge in [0.25, 0.3) is 0 Å². The van der Waals surface area contributed by atoms with Gasteiger partial charge in [-0.1, -0.05) is 96.7 Å². The Hall–Kier alpha value is -1.80. The van der Waals surface area contributed by atoms with Crippen LogP contribution < -0.4 is 0 Å². The fraction of sp³-hybridized carbons (Fsp3) is 0.656. The van der Waals surface area contributed by atoms with Gasteiger partial charge in [-0.05, 0) is 31.1 Å². The van der Waals surface area contributed by atoms with Crippen LogP contribution in [0.15, 0.2) is 61.3 Å². The molecule has 0 fully saturated rings. The lowest BCUT2D eigenvalue weighted by molar-refractivity contribution is -0.150. The molecule has 12 atom stereocenters. The van der Waals surface area contributed by atoms with Crippen LogP contribution in [0.1, 0.15) is 67.2 Å². The molecule has 0 saturated carbocycles. The van der Waals surface area contributed by atoms with Crippen molar-refractivity contribution in [2.75, 3.05) is 0 Å². The molecule has 1 aliphatic heterocycles. The zero-order chi connectivity index (χ0) is 31.1. The third-order valence-electron chi connectivity index (χ3n) is 8.02. The SMILES string of the molecule is C=C/C=C\[C@H](C)[C@@H]1OC(=O)/C=C\C=C\[C@@H](C)[C@@H](O)C[C@H](O[PH](=O)O)/C=C\[C@H](C)[C@H](O)[C@@H](C)C[C@@H](C)CC[C@@H](O)[C@@H]1C. The Balaban J connectivity index is 3.27. The lowest BCUT2D eigenvalue weighted by Gasteiger charge is -2.31. The number of cyclic esters (lactones) is 1. The predicted molar refractivity (Wildman–Crippen MR) is 164 cm³/mol. The molecule has 0 aliphatic carbocycles. The van der Waals surface area contributed by atoms with Crippen molar-refractivity contribution in [3.63, 3.8) is 0 Å². The maximum absolute atomic E-state index is 12.7. The molecule has 0 aromatic carbocycles. The van der Waals surface area contributed by atoms with Crippen molar-refractivity contribution in [2.24, 2.45) is 35.5 Å². The van der Waals surface area contributed by atoms with Crippen molar-refractivity contribution in [2.45, 2.75) is 97.7 Å². The van der Waals surface area contributed by atoms with Crippen LogP contribution in [0.2, 0.25) is 0 Å². The quantitative estimate of drug-likeness (QED) is 0.141. The van der Waals surface area contributed by atoms with Gasteiger partial charge >= 0.3 is 14.2 Å². The number of rotatable bonds is 5. The van der Waals surface area contributed by atoms with Gasteiger partial charge in [-0.2, -0.15) is 0 Å². The normalized spacial score (nSPS) is 39.4. The first-order valence-electron chi connectivity index (χ1n) is 14.7. The van der Waals surface area contributed by atoms with Gasteiger partial charge < -0.3 is 29.5 Å². The standard InChI is InChI=1S/C32H53O8P/c1-8-9-12-24(5)32-26(7)28(33)18-15-21(2)19-25(6)31(36)23(4)16-17-27(40-41(37)38)20-29(34)22(3)13-10-11-14-30(35)39-32/h8-14,16-17,21-29,31-34,36,41H,1,15,18-20H2,2-7H3,(H,37,38)/b12-9-,13-10+,14-11-,17-16-/t21-,22+,23-,24-,25-,26-,27+,28+,29-,31-,32-/m0/s1. The molecule has 0 aromatic rings. The lowest BCUT2D eigenvalue weighted by Crippen LogP contribution is -2.37. The van der Waals surface area contributed by atoms with E-state index in [0.717, 1.165) is 12.8 Å². The molecule has 1 rings (SSSR count). The summed E-state index contributed by atoms with van der Waals surface area (Å²) in [6.45, 7) is 15.3. The first kappa shape index (κ1) is 37.2. The van der Waals surface area contributed by atoms with Gasteiger partial charge in [0.15, 0.2) is 0 Å². The summed E-state index contributed by atoms with van der Waals surface area (Å²) in [7, 11) is -3.25. The Labute approximate surface area is 247 Å². The molecule has 1 aliphatic rings. The van der Waals surface area contributed by atoms with E-state index in [1.165, 1.54) is 12.2 Å². The van der Waals surface area contributed by atoms with E-state index in [4.69, 9.17) is 9.26 Å². The van der Waals surface area contributed by atoms with Crippen LogP contribution >= 0.6 is 8.25 Å². The molecule has 4 N–H and O–H groups in total. The molecule has 8 nitrogen and oxygen atoms in total. The Morgan fingerprint density at radius 3 is 2.32 bits per heavy atom. The van der Waals surface area contributed by atoms with E-state index in [9.17, 15) is 29.6 Å². The van der Waals surface area contributed by atoms with Crippen LogP contribution in [-0.2, 0) is 18.6 Å². The highest BCUT2D eigenvalue weighted by Crippen LogP contribution is 2.29. The molecule has 1 unspecified atom stereocenters. The molecule has 9 heteroatoms. The Morgan fingerprint density at radius 2 is 1.68 bits per heavy atom. The summed E-state index contributed by atoms with van der Waals surface area (Å²) in [6.07, 6.45) is 13.5. The van der Waals surface area contributed by atoms with Crippen molar-refractivity contribution in [1.82, 2.24) is 0 Å². The fourth-order valence-corrected chi connectivity index (χ4v) is 5.67. The number of hydrogen-bond acceptors (Lipinski definition) is 7. The Kier molecular flexibility index (Phi) is 17.6. The van der Waals surface area contributed by atoms with Gasteiger partial charge in [0.05, 0.1) is 24.4 Å². The Bertz CT molecular complexity index is 929. The van der Waals surface area contributed by atoms with Crippen LogP contribution in [0, 0.1) is 35.5 Å². The molecule has 0 radical (unpaired) electrons. The average molecular weight is 597 g/mol. The van der Waals surface area contributed by atoms with E-state index in [2.05, 4.69) is 13.5 Å². The summed E-state index contributed by atoms with van der Waals surface area (Å²) in [5.74, 6) is -1.39. The number of allylic oxidation sites excluding steroid dienone is 4. The van der Waals surface area contributed by atoms with Gasteiger partial charge in [0.1, 0.15) is 6.10 Å². The summed E-state index contributed by atoms with van der Waals surface area (Å²) in [5, 5.41) is 32.7. The zero-order valence-corrected chi connectivity index (χ0v) is 26.5. The van der Waals surface area contributed by atoms with Gasteiger partial charge in [-0.15, -0.1) is 0 Å². The van der Waals surface area contributed by atoms with Crippen LogP contribution in [0.3, 0.4) is 0 Å². The van der Waals surface area contributed by atoms with E-state index in [1.807, 2.05) is 33.8 Å². The minimum atomic E-state index is -3.25. The molecule has 0 aromatic heterocycles. The summed E-state index contributed by atoms with van der Waals surface area (Å²) in [6, 6.07) is 0. The van der Waals surface area contributed by atoms with Crippen molar-refractivity contribution < 1.29 is 38.8 Å². The third kappa shape index (κ3) is 14.3. The fourth-order valence-electron chi connectivity index (χ4n) is 5.24. The first-order valence-corrected chi connectivity index (χ1v) is 16.0. The highest BCUT2D eigenvalue weighted by Gasteiger charge is 2.31. The third-order valence-corrected chi connectivity index (χ3v) is 8.52. The van der Waals surface area contributed by atoms with E-state index in [-0.39, 0.29) is 41.9 Å². The molecule has 41 heavy (non-hydrogen) atoms. The summed E-state index contributed by atoms with van der Waals surface area (Å²) < 4.78 is 22.4. The van der Waals surface area contributed by atoms with Gasteiger partial charge in [0.2, 0.25) is 0 Å². The summed E-state index contributed by atoms with van der Waals surface area (Å²) in [4.78, 5) is 22.0. The lowest BCUT2D eigenvalue weighted by atomic mass is 9.82. The predicted octanol–water partition coefficient (Wildman–Crippen LogP) is 5.55. The molecule has 234 valence electrons. The van der Waals surface area contributed by atoms with Crippen LogP contribution in [0.4, 0.5) is 0 Å². The van der Waals surface area contributed by atoms with Crippen molar-refractivity contribution in [3.8, 4) is 0 Å². The number of aliphatic hydroxyl groups is 3. The maximum Gasteiger partial charge on any atom is 0.331 e. The van der Waals surface area contributed by atoms with Crippen LogP contribution in [-0.4, -0.2) is 56.7 Å². The second-order valence-electron chi connectivity index (χ2n) is 11.8. The van der Waals surface area contributed by atoms with Crippen LogP contribution in [0.25, 0.3) is 0 Å². The number of ether oxygens (including phenoxy) is 1. The number of hydrogen-bond donors (Lipinski definition) is 4. The number of carbonyl (C=O) groups excluding carboxylic acids is 1. The molecule has 0 spiro atoms.